The molecule has 7 heteroatoms. The Hall–Kier alpha value is -0.873. The second kappa shape index (κ2) is 6.72. The van der Waals surface area contributed by atoms with E-state index in [0.29, 0.717) is 5.56 Å². The van der Waals surface area contributed by atoms with Crippen LogP contribution in [0.5, 0.6) is 0 Å². The van der Waals surface area contributed by atoms with Crippen molar-refractivity contribution in [2.45, 2.75) is 31.3 Å². The van der Waals surface area contributed by atoms with Gasteiger partial charge in [0.2, 0.25) is 0 Å². The molecule has 6 nitrogen and oxygen atoms in total. The fraction of sp³-hybridized carbons (Fsp3) is 0.462. The molecular formula is C13H17LiO6. The maximum atomic E-state index is 11.0. The molecule has 0 bridgehead atoms. The third-order valence-electron chi connectivity index (χ3n) is 3.33. The normalized spacial score (nSPS) is 29.6. The van der Waals surface area contributed by atoms with Crippen molar-refractivity contribution in [2.75, 3.05) is 6.61 Å². The number of benzene rings is 1. The van der Waals surface area contributed by atoms with Gasteiger partial charge in [0.1, 0.15) is 24.4 Å². The molecule has 0 saturated carbocycles. The summed E-state index contributed by atoms with van der Waals surface area (Å²) in [6.07, 6.45) is -4.61. The van der Waals surface area contributed by atoms with Gasteiger partial charge in [-0.25, -0.2) is 4.79 Å². The number of hydrogen-bond acceptors (Lipinski definition) is 5. The van der Waals surface area contributed by atoms with Crippen LogP contribution >= 0.6 is 0 Å². The number of ether oxygens (including phenoxy) is 1. The number of aliphatic hydroxyl groups excluding tert-OH is 3. The molecule has 0 unspecified atom stereocenters. The van der Waals surface area contributed by atoms with E-state index >= 15 is 0 Å². The standard InChI is InChI=1S/C13H16O6.Li.H/c1-6-2-3-7(13(17)18)4-8(6)12-11(16)10(15)9(14)5-19-12;;/h2-4,9-12,14-16H,5H2,1H3,(H,17,18);;/t9-,10+,11-,12+;;/m1../s1. The minimum atomic E-state index is -1.31. The molecule has 0 aliphatic carbocycles. The van der Waals surface area contributed by atoms with Gasteiger partial charge >= 0.3 is 24.8 Å². The first kappa shape index (κ1) is 17.2. The maximum absolute atomic E-state index is 11.0. The molecule has 1 saturated heterocycles. The van der Waals surface area contributed by atoms with E-state index in [4.69, 9.17) is 9.84 Å². The Morgan fingerprint density at radius 3 is 2.50 bits per heavy atom. The molecule has 4 atom stereocenters. The van der Waals surface area contributed by atoms with Crippen LogP contribution in [0, 0.1) is 6.92 Å². The van der Waals surface area contributed by atoms with Crippen LogP contribution in [0.25, 0.3) is 0 Å². The summed E-state index contributed by atoms with van der Waals surface area (Å²) in [7, 11) is 0. The Kier molecular flexibility index (Phi) is 5.77. The van der Waals surface area contributed by atoms with Crippen LogP contribution in [-0.4, -0.2) is 70.2 Å². The molecule has 106 valence electrons. The molecule has 1 aliphatic rings. The Labute approximate surface area is 128 Å². The third-order valence-corrected chi connectivity index (χ3v) is 3.33. The van der Waals surface area contributed by atoms with E-state index in [1.165, 1.54) is 12.1 Å². The van der Waals surface area contributed by atoms with Gasteiger partial charge in [-0.3, -0.25) is 0 Å². The molecule has 1 fully saturated rings. The van der Waals surface area contributed by atoms with Crippen LogP contribution < -0.4 is 0 Å². The third kappa shape index (κ3) is 3.23. The molecule has 1 aromatic rings. The van der Waals surface area contributed by atoms with Crippen LogP contribution in [0.1, 0.15) is 27.6 Å². The van der Waals surface area contributed by atoms with E-state index in [1.807, 2.05) is 0 Å². The van der Waals surface area contributed by atoms with Gasteiger partial charge in [0.25, 0.3) is 0 Å². The van der Waals surface area contributed by atoms with Gasteiger partial charge in [-0.15, -0.1) is 0 Å². The van der Waals surface area contributed by atoms with Crippen molar-refractivity contribution >= 4 is 24.8 Å². The molecule has 20 heavy (non-hydrogen) atoms. The number of aromatic carboxylic acids is 1. The molecular weight excluding hydrogens is 259 g/mol. The average Bonchev–Trinajstić information content (AvgIpc) is 2.37. The van der Waals surface area contributed by atoms with Crippen LogP contribution in [0.4, 0.5) is 0 Å². The Morgan fingerprint density at radius 2 is 1.90 bits per heavy atom. The first-order valence-electron chi connectivity index (χ1n) is 5.91. The summed E-state index contributed by atoms with van der Waals surface area (Å²) in [5.74, 6) is -1.08. The zero-order valence-electron chi connectivity index (χ0n) is 10.4. The van der Waals surface area contributed by atoms with Crippen molar-refractivity contribution in [1.29, 1.82) is 0 Å². The van der Waals surface area contributed by atoms with Gasteiger partial charge in [0, 0.05) is 0 Å². The van der Waals surface area contributed by atoms with E-state index in [1.54, 1.807) is 13.0 Å². The van der Waals surface area contributed by atoms with Crippen molar-refractivity contribution in [1.82, 2.24) is 0 Å². The van der Waals surface area contributed by atoms with Gasteiger partial charge in [-0.05, 0) is 30.2 Å². The molecule has 0 radical (unpaired) electrons. The number of carbonyl (C=O) groups is 1. The first-order valence-corrected chi connectivity index (χ1v) is 5.91. The van der Waals surface area contributed by atoms with E-state index in [0.717, 1.165) is 5.56 Å². The molecule has 2 rings (SSSR count). The van der Waals surface area contributed by atoms with Crippen molar-refractivity contribution in [3.05, 3.63) is 34.9 Å². The molecule has 1 aromatic carbocycles. The second-order valence-electron chi connectivity index (χ2n) is 4.68. The summed E-state index contributed by atoms with van der Waals surface area (Å²) in [4.78, 5) is 11.0. The van der Waals surface area contributed by atoms with E-state index in [9.17, 15) is 20.1 Å². The second-order valence-corrected chi connectivity index (χ2v) is 4.68. The number of carboxylic acid groups (broad SMARTS) is 1. The zero-order valence-corrected chi connectivity index (χ0v) is 10.4. The molecule has 0 spiro atoms. The Balaban J connectivity index is 0.00000200. The molecule has 0 amide bonds. The van der Waals surface area contributed by atoms with E-state index in [-0.39, 0.29) is 31.0 Å². The first-order chi connectivity index (χ1) is 8.91. The van der Waals surface area contributed by atoms with E-state index < -0.39 is 30.4 Å². The summed E-state index contributed by atoms with van der Waals surface area (Å²) in [6.45, 7) is 1.65. The topological polar surface area (TPSA) is 107 Å². The van der Waals surface area contributed by atoms with Crippen LogP contribution in [-0.2, 0) is 4.74 Å². The number of hydrogen-bond donors (Lipinski definition) is 4. The summed E-state index contributed by atoms with van der Waals surface area (Å²) in [6, 6.07) is 4.49. The van der Waals surface area contributed by atoms with Gasteiger partial charge in [0.05, 0.1) is 12.2 Å². The number of aryl methyl sites for hydroxylation is 1. The fourth-order valence-corrected chi connectivity index (χ4v) is 2.16. The summed E-state index contributed by atoms with van der Waals surface area (Å²) in [5, 5.41) is 37.9. The van der Waals surface area contributed by atoms with Gasteiger partial charge in [-0.1, -0.05) is 6.07 Å². The predicted molar refractivity (Wildman–Crippen MR) is 72.0 cm³/mol. The van der Waals surface area contributed by atoms with Crippen molar-refractivity contribution in [2.24, 2.45) is 0 Å². The fourth-order valence-electron chi connectivity index (χ4n) is 2.16. The van der Waals surface area contributed by atoms with Gasteiger partial charge in [0.15, 0.2) is 0 Å². The van der Waals surface area contributed by atoms with Crippen molar-refractivity contribution < 1.29 is 30.0 Å². The summed E-state index contributed by atoms with van der Waals surface area (Å²) < 4.78 is 5.32. The van der Waals surface area contributed by atoms with E-state index in [2.05, 4.69) is 0 Å². The minimum absolute atomic E-state index is 0. The van der Waals surface area contributed by atoms with Crippen molar-refractivity contribution in [3.8, 4) is 0 Å². The summed E-state index contributed by atoms with van der Waals surface area (Å²) in [5.41, 5.74) is 1.33. The number of aliphatic hydroxyl groups is 3. The quantitative estimate of drug-likeness (QED) is 0.527. The number of carboxylic acids is 1. The van der Waals surface area contributed by atoms with Crippen molar-refractivity contribution in [3.63, 3.8) is 0 Å². The Morgan fingerprint density at radius 1 is 1.25 bits per heavy atom. The monoisotopic (exact) mass is 276 g/mol. The predicted octanol–water partition coefficient (Wildman–Crippen LogP) is -0.801. The Bertz CT molecular complexity index is 492. The van der Waals surface area contributed by atoms with Gasteiger partial charge in [-0.2, -0.15) is 0 Å². The summed E-state index contributed by atoms with van der Waals surface area (Å²) >= 11 is 0. The molecule has 1 heterocycles. The van der Waals surface area contributed by atoms with Crippen LogP contribution in [0.15, 0.2) is 18.2 Å². The SMILES string of the molecule is Cc1ccc(C(=O)O)cc1[C@@H]1OC[C@@H](O)[C@H](O)[C@H]1O.[LiH]. The van der Waals surface area contributed by atoms with Crippen LogP contribution in [0.2, 0.25) is 0 Å². The number of rotatable bonds is 2. The molecule has 1 aliphatic heterocycles. The average molecular weight is 276 g/mol. The van der Waals surface area contributed by atoms with Gasteiger partial charge < -0.3 is 25.2 Å². The molecule has 4 N–H and O–H groups in total. The van der Waals surface area contributed by atoms with Crippen LogP contribution in [0.3, 0.4) is 0 Å². The molecule has 0 aromatic heterocycles. The zero-order chi connectivity index (χ0) is 14.2.